The molecule has 0 saturated heterocycles. The Hall–Kier alpha value is -1.92. The molecule has 0 radical (unpaired) electrons. The van der Waals surface area contributed by atoms with Crippen LogP contribution < -0.4 is 4.74 Å². The highest BCUT2D eigenvalue weighted by Gasteiger charge is 2.24. The van der Waals surface area contributed by atoms with E-state index in [4.69, 9.17) is 4.74 Å². The summed E-state index contributed by atoms with van der Waals surface area (Å²) in [5.74, 6) is 0.856. The summed E-state index contributed by atoms with van der Waals surface area (Å²) in [4.78, 5) is 24.2. The maximum atomic E-state index is 12.8. The van der Waals surface area contributed by atoms with Crippen molar-refractivity contribution in [3.63, 3.8) is 0 Å². The summed E-state index contributed by atoms with van der Waals surface area (Å²) >= 11 is 3.30. The molecule has 0 unspecified atom stereocenters. The maximum absolute atomic E-state index is 12.8. The predicted molar refractivity (Wildman–Crippen MR) is 102 cm³/mol. The number of rotatable bonds is 5. The predicted octanol–water partition coefficient (Wildman–Crippen LogP) is 4.55. The number of ketones is 1. The van der Waals surface area contributed by atoms with Gasteiger partial charge in [-0.15, -0.1) is 11.3 Å². The molecule has 2 heterocycles. The lowest BCUT2D eigenvalue weighted by Gasteiger charge is -2.11. The Balaban J connectivity index is 1.61. The van der Waals surface area contributed by atoms with Crippen molar-refractivity contribution in [3.8, 4) is 5.75 Å². The standard InChI is InChI=1S/C19H18N2O2S2/c1-11(17(22)12-6-8-13(23-2)9-7-12)24-18-16-14-4-3-5-15(14)25-19(16)21-10-20-18/h6-11H,3-5H2,1-2H3/t11-/m0/s1. The second kappa shape index (κ2) is 6.77. The molecule has 2 aromatic heterocycles. The average molecular weight is 370 g/mol. The molecule has 0 bridgehead atoms. The first-order valence-corrected chi connectivity index (χ1v) is 9.97. The molecular weight excluding hydrogens is 352 g/mol. The molecule has 4 rings (SSSR count). The molecule has 128 valence electrons. The molecule has 0 N–H and O–H groups in total. The number of aryl methyl sites for hydroxylation is 2. The van der Waals surface area contributed by atoms with Crippen molar-refractivity contribution in [2.75, 3.05) is 7.11 Å². The first kappa shape index (κ1) is 16.5. The molecule has 0 fully saturated rings. The summed E-state index contributed by atoms with van der Waals surface area (Å²) in [5.41, 5.74) is 2.09. The van der Waals surface area contributed by atoms with Crippen LogP contribution in [0, 0.1) is 0 Å². The van der Waals surface area contributed by atoms with E-state index < -0.39 is 0 Å². The number of aromatic nitrogens is 2. The number of thiophene rings is 1. The molecule has 0 saturated carbocycles. The Morgan fingerprint density at radius 2 is 2.04 bits per heavy atom. The molecule has 6 heteroatoms. The lowest BCUT2D eigenvalue weighted by molar-refractivity contribution is 0.0994. The molecule has 1 aromatic carbocycles. The number of ether oxygens (including phenoxy) is 1. The number of hydrogen-bond donors (Lipinski definition) is 0. The SMILES string of the molecule is COc1ccc(C(=O)[C@H](C)Sc2ncnc3sc4c(c23)CCC4)cc1. The summed E-state index contributed by atoms with van der Waals surface area (Å²) in [6, 6.07) is 7.27. The van der Waals surface area contributed by atoms with Crippen LogP contribution in [0.25, 0.3) is 10.2 Å². The largest absolute Gasteiger partial charge is 0.497 e. The van der Waals surface area contributed by atoms with Crippen molar-refractivity contribution in [2.24, 2.45) is 0 Å². The zero-order valence-corrected chi connectivity index (χ0v) is 15.7. The second-order valence-electron chi connectivity index (χ2n) is 6.07. The van der Waals surface area contributed by atoms with Crippen molar-refractivity contribution in [1.29, 1.82) is 0 Å². The molecule has 4 nitrogen and oxygen atoms in total. The first-order valence-electron chi connectivity index (χ1n) is 8.27. The number of nitrogens with zero attached hydrogens (tertiary/aromatic N) is 2. The number of hydrogen-bond acceptors (Lipinski definition) is 6. The summed E-state index contributed by atoms with van der Waals surface area (Å²) in [5, 5.41) is 1.89. The van der Waals surface area contributed by atoms with E-state index in [1.165, 1.54) is 34.0 Å². The van der Waals surface area contributed by atoms with Crippen LogP contribution in [-0.4, -0.2) is 28.1 Å². The fourth-order valence-electron chi connectivity index (χ4n) is 3.20. The van der Waals surface area contributed by atoms with E-state index in [1.807, 2.05) is 31.2 Å². The van der Waals surface area contributed by atoms with Gasteiger partial charge >= 0.3 is 0 Å². The molecule has 0 aliphatic heterocycles. The Labute approximate surface area is 154 Å². The minimum absolute atomic E-state index is 0.103. The number of benzene rings is 1. The van der Waals surface area contributed by atoms with Crippen LogP contribution in [0.2, 0.25) is 0 Å². The molecule has 1 atom stereocenters. The van der Waals surface area contributed by atoms with Crippen LogP contribution in [-0.2, 0) is 12.8 Å². The van der Waals surface area contributed by atoms with Crippen molar-refractivity contribution < 1.29 is 9.53 Å². The molecule has 0 amide bonds. The van der Waals surface area contributed by atoms with Crippen molar-refractivity contribution in [3.05, 3.63) is 46.6 Å². The lowest BCUT2D eigenvalue weighted by Crippen LogP contribution is -2.13. The van der Waals surface area contributed by atoms with E-state index in [0.717, 1.165) is 28.4 Å². The maximum Gasteiger partial charge on any atom is 0.175 e. The van der Waals surface area contributed by atoms with Gasteiger partial charge in [-0.2, -0.15) is 0 Å². The van der Waals surface area contributed by atoms with Gasteiger partial charge in [0.15, 0.2) is 5.78 Å². The van der Waals surface area contributed by atoms with Crippen LogP contribution in [0.5, 0.6) is 5.75 Å². The second-order valence-corrected chi connectivity index (χ2v) is 8.48. The Morgan fingerprint density at radius 1 is 1.24 bits per heavy atom. The first-order chi connectivity index (χ1) is 12.2. The number of thioether (sulfide) groups is 1. The number of Topliss-reactive ketones (excluding diaryl/α,β-unsaturated/α-hetero) is 1. The number of carbonyl (C=O) groups is 1. The minimum atomic E-state index is -0.205. The molecule has 1 aliphatic carbocycles. The number of fused-ring (bicyclic) bond motifs is 3. The average Bonchev–Trinajstić information content (AvgIpc) is 3.22. The third kappa shape index (κ3) is 3.04. The van der Waals surface area contributed by atoms with Gasteiger partial charge in [0, 0.05) is 15.8 Å². The van der Waals surface area contributed by atoms with E-state index >= 15 is 0 Å². The van der Waals surface area contributed by atoms with E-state index in [-0.39, 0.29) is 11.0 Å². The smallest absolute Gasteiger partial charge is 0.175 e. The van der Waals surface area contributed by atoms with Crippen LogP contribution in [0.3, 0.4) is 0 Å². The zero-order chi connectivity index (χ0) is 17.4. The lowest BCUT2D eigenvalue weighted by atomic mass is 10.1. The van der Waals surface area contributed by atoms with Gasteiger partial charge in [-0.1, -0.05) is 11.8 Å². The van der Waals surface area contributed by atoms with Gasteiger partial charge in [0.1, 0.15) is 21.9 Å². The molecule has 3 aromatic rings. The van der Waals surface area contributed by atoms with E-state index in [1.54, 1.807) is 24.8 Å². The summed E-state index contributed by atoms with van der Waals surface area (Å²) in [6.45, 7) is 1.94. The Kier molecular flexibility index (Phi) is 4.48. The highest BCUT2D eigenvalue weighted by molar-refractivity contribution is 8.00. The van der Waals surface area contributed by atoms with E-state index in [0.29, 0.717) is 5.56 Å². The Bertz CT molecular complexity index is 934. The van der Waals surface area contributed by atoms with Crippen molar-refractivity contribution in [2.45, 2.75) is 36.5 Å². The van der Waals surface area contributed by atoms with Crippen LogP contribution in [0.4, 0.5) is 0 Å². The number of carbonyl (C=O) groups excluding carboxylic acids is 1. The third-order valence-electron chi connectivity index (χ3n) is 4.50. The molecule has 1 aliphatic rings. The van der Waals surface area contributed by atoms with Gasteiger partial charge in [-0.05, 0) is 56.0 Å². The summed E-state index contributed by atoms with van der Waals surface area (Å²) in [7, 11) is 1.62. The highest BCUT2D eigenvalue weighted by atomic mass is 32.2. The Morgan fingerprint density at radius 3 is 2.80 bits per heavy atom. The van der Waals surface area contributed by atoms with Gasteiger partial charge in [0.05, 0.1) is 12.4 Å². The van der Waals surface area contributed by atoms with Gasteiger partial charge in [-0.25, -0.2) is 9.97 Å². The molecule has 25 heavy (non-hydrogen) atoms. The van der Waals surface area contributed by atoms with E-state index in [2.05, 4.69) is 9.97 Å². The normalized spacial score (nSPS) is 14.5. The van der Waals surface area contributed by atoms with Gasteiger partial charge < -0.3 is 4.74 Å². The topological polar surface area (TPSA) is 52.1 Å². The third-order valence-corrected chi connectivity index (χ3v) is 6.80. The van der Waals surface area contributed by atoms with Crippen LogP contribution >= 0.6 is 23.1 Å². The minimum Gasteiger partial charge on any atom is -0.497 e. The van der Waals surface area contributed by atoms with E-state index in [9.17, 15) is 4.79 Å². The van der Waals surface area contributed by atoms with Crippen molar-refractivity contribution >= 4 is 39.1 Å². The van der Waals surface area contributed by atoms with Crippen molar-refractivity contribution in [1.82, 2.24) is 9.97 Å². The summed E-state index contributed by atoms with van der Waals surface area (Å²) in [6.07, 6.45) is 5.05. The van der Waals surface area contributed by atoms with Gasteiger partial charge in [-0.3, -0.25) is 4.79 Å². The zero-order valence-electron chi connectivity index (χ0n) is 14.1. The molecular formula is C19H18N2O2S2. The van der Waals surface area contributed by atoms with Crippen LogP contribution in [0.15, 0.2) is 35.6 Å². The fourth-order valence-corrected chi connectivity index (χ4v) is 5.52. The summed E-state index contributed by atoms with van der Waals surface area (Å²) < 4.78 is 5.15. The fraction of sp³-hybridized carbons (Fsp3) is 0.316. The van der Waals surface area contributed by atoms with Gasteiger partial charge in [0.2, 0.25) is 0 Å². The molecule has 0 spiro atoms. The highest BCUT2D eigenvalue weighted by Crippen LogP contribution is 2.41. The number of methoxy groups -OCH3 is 1. The van der Waals surface area contributed by atoms with Crippen LogP contribution in [0.1, 0.15) is 34.1 Å². The van der Waals surface area contributed by atoms with Gasteiger partial charge in [0.25, 0.3) is 0 Å². The monoisotopic (exact) mass is 370 g/mol. The quantitative estimate of drug-likeness (QED) is 0.375.